The summed E-state index contributed by atoms with van der Waals surface area (Å²) in [6.45, 7) is 7.10. The number of ether oxygens (including phenoxy) is 1. The number of aliphatic carboxylic acids is 1. The van der Waals surface area contributed by atoms with Crippen molar-refractivity contribution in [3.63, 3.8) is 0 Å². The van der Waals surface area contributed by atoms with E-state index in [0.717, 1.165) is 6.08 Å². The summed E-state index contributed by atoms with van der Waals surface area (Å²) in [4.78, 5) is 18.8. The van der Waals surface area contributed by atoms with E-state index in [4.69, 9.17) is 5.11 Å². The van der Waals surface area contributed by atoms with Crippen LogP contribution in [0, 0.1) is 6.92 Å². The summed E-state index contributed by atoms with van der Waals surface area (Å²) in [5, 5.41) is 7.60. The number of carboxylic acid groups (broad SMARTS) is 1. The Labute approximate surface area is 107 Å². The second kappa shape index (κ2) is 12.8. The van der Waals surface area contributed by atoms with Crippen molar-refractivity contribution < 1.29 is 19.4 Å². The molecule has 0 aliphatic carbocycles. The molecule has 0 bridgehead atoms. The Morgan fingerprint density at radius 3 is 1.94 bits per heavy atom. The molecule has 1 amide bonds. The van der Waals surface area contributed by atoms with Crippen molar-refractivity contribution in [2.75, 3.05) is 6.61 Å². The first-order valence-electron chi connectivity index (χ1n) is 5.23. The maximum absolute atomic E-state index is 9.60. The van der Waals surface area contributed by atoms with Crippen molar-refractivity contribution >= 4 is 12.1 Å². The van der Waals surface area contributed by atoms with Crippen molar-refractivity contribution in [1.82, 2.24) is 0 Å². The molecule has 18 heavy (non-hydrogen) atoms. The molecule has 0 aromatic heterocycles. The first-order chi connectivity index (χ1) is 8.43. The van der Waals surface area contributed by atoms with Crippen LogP contribution in [0.15, 0.2) is 43.0 Å². The third kappa shape index (κ3) is 19.3. The van der Waals surface area contributed by atoms with E-state index in [1.165, 1.54) is 5.56 Å². The lowest BCUT2D eigenvalue weighted by atomic mass is 10.2. The summed E-state index contributed by atoms with van der Waals surface area (Å²) >= 11 is 0. The SMILES string of the molecule is C=CC(=O)O.CCOC(N)=O.Cc1ccccc1. The van der Waals surface area contributed by atoms with Crippen LogP contribution in [0.2, 0.25) is 0 Å². The number of aryl methyl sites for hydroxylation is 1. The van der Waals surface area contributed by atoms with Gasteiger partial charge in [-0.15, -0.1) is 0 Å². The Morgan fingerprint density at radius 2 is 1.83 bits per heavy atom. The van der Waals surface area contributed by atoms with Crippen LogP contribution in [0.25, 0.3) is 0 Å². The Kier molecular flexibility index (Phi) is 12.8. The van der Waals surface area contributed by atoms with Gasteiger partial charge in [0.2, 0.25) is 0 Å². The minimum Gasteiger partial charge on any atom is -0.478 e. The highest BCUT2D eigenvalue weighted by molar-refractivity contribution is 5.78. The van der Waals surface area contributed by atoms with E-state index < -0.39 is 12.1 Å². The molecule has 1 aromatic rings. The fourth-order valence-corrected chi connectivity index (χ4v) is 0.677. The normalized spacial score (nSPS) is 7.67. The quantitative estimate of drug-likeness (QED) is 0.792. The van der Waals surface area contributed by atoms with Crippen molar-refractivity contribution in [2.45, 2.75) is 13.8 Å². The summed E-state index contributed by atoms with van der Waals surface area (Å²) in [5.74, 6) is -0.981. The summed E-state index contributed by atoms with van der Waals surface area (Å²) in [5.41, 5.74) is 5.86. The topological polar surface area (TPSA) is 89.6 Å². The molecule has 0 atom stereocenters. The summed E-state index contributed by atoms with van der Waals surface area (Å²) < 4.78 is 4.18. The van der Waals surface area contributed by atoms with Gasteiger partial charge in [0.25, 0.3) is 0 Å². The predicted octanol–water partition coefficient (Wildman–Crippen LogP) is 2.35. The first-order valence-corrected chi connectivity index (χ1v) is 5.23. The number of rotatable bonds is 2. The van der Waals surface area contributed by atoms with Gasteiger partial charge in [0.15, 0.2) is 0 Å². The minimum absolute atomic E-state index is 0.356. The maximum atomic E-state index is 9.60. The van der Waals surface area contributed by atoms with E-state index >= 15 is 0 Å². The van der Waals surface area contributed by atoms with Crippen molar-refractivity contribution in [3.05, 3.63) is 48.6 Å². The molecule has 0 fully saturated rings. The number of nitrogens with two attached hydrogens (primary N) is 1. The van der Waals surface area contributed by atoms with Gasteiger partial charge in [-0.2, -0.15) is 0 Å². The van der Waals surface area contributed by atoms with Crippen LogP contribution in [0.4, 0.5) is 4.79 Å². The van der Waals surface area contributed by atoms with Gasteiger partial charge in [0, 0.05) is 6.08 Å². The molecule has 0 radical (unpaired) electrons. The molecular weight excluding hydrogens is 234 g/mol. The average Bonchev–Trinajstić information content (AvgIpc) is 2.31. The molecule has 1 aromatic carbocycles. The largest absolute Gasteiger partial charge is 0.478 e. The number of hydrogen-bond acceptors (Lipinski definition) is 3. The molecule has 5 heteroatoms. The second-order valence-corrected chi connectivity index (χ2v) is 2.95. The third-order valence-corrected chi connectivity index (χ3v) is 1.40. The lowest BCUT2D eigenvalue weighted by Gasteiger charge is -1.89. The number of carbonyl (C=O) groups is 2. The number of benzene rings is 1. The van der Waals surface area contributed by atoms with E-state index in [1.54, 1.807) is 6.92 Å². The van der Waals surface area contributed by atoms with Crippen LogP contribution in [-0.2, 0) is 9.53 Å². The highest BCUT2D eigenvalue weighted by atomic mass is 16.5. The molecule has 0 spiro atoms. The maximum Gasteiger partial charge on any atom is 0.404 e. The molecular formula is C13H19NO4. The van der Waals surface area contributed by atoms with Crippen LogP contribution >= 0.6 is 0 Å². The zero-order valence-electron chi connectivity index (χ0n) is 10.6. The van der Waals surface area contributed by atoms with Crippen LogP contribution < -0.4 is 5.73 Å². The Morgan fingerprint density at radius 1 is 1.39 bits per heavy atom. The van der Waals surface area contributed by atoms with Gasteiger partial charge < -0.3 is 15.6 Å². The molecule has 0 aliphatic heterocycles. The summed E-state index contributed by atoms with van der Waals surface area (Å²) in [6, 6.07) is 10.3. The third-order valence-electron chi connectivity index (χ3n) is 1.40. The standard InChI is InChI=1S/C7H8.C3H7NO2.C3H4O2/c1-7-5-3-2-4-6-7;1-2-6-3(4)5;1-2-3(4)5/h2-6H,1H3;2H2,1H3,(H2,4,5);2H,1H2,(H,4,5). The number of amides is 1. The second-order valence-electron chi connectivity index (χ2n) is 2.95. The number of carbonyl (C=O) groups excluding carboxylic acids is 1. The Hall–Kier alpha value is -2.30. The van der Waals surface area contributed by atoms with Gasteiger partial charge in [0.1, 0.15) is 0 Å². The molecule has 0 heterocycles. The zero-order valence-corrected chi connectivity index (χ0v) is 10.6. The smallest absolute Gasteiger partial charge is 0.404 e. The van der Waals surface area contributed by atoms with Crippen LogP contribution in [0.3, 0.4) is 0 Å². The predicted molar refractivity (Wildman–Crippen MR) is 70.2 cm³/mol. The van der Waals surface area contributed by atoms with Crippen LogP contribution in [-0.4, -0.2) is 23.8 Å². The minimum atomic E-state index is -0.981. The van der Waals surface area contributed by atoms with Crippen LogP contribution in [0.5, 0.6) is 0 Å². The highest BCUT2D eigenvalue weighted by Gasteiger charge is 1.82. The van der Waals surface area contributed by atoms with Gasteiger partial charge in [-0.25, -0.2) is 9.59 Å². The molecule has 0 unspecified atom stereocenters. The number of primary amides is 1. The fourth-order valence-electron chi connectivity index (χ4n) is 0.677. The van der Waals surface area contributed by atoms with E-state index in [9.17, 15) is 9.59 Å². The Balaban J connectivity index is 0. The summed E-state index contributed by atoms with van der Waals surface area (Å²) in [7, 11) is 0. The highest BCUT2D eigenvalue weighted by Crippen LogP contribution is 1.92. The zero-order chi connectivity index (χ0) is 14.4. The Bertz CT molecular complexity index is 349. The molecule has 3 N–H and O–H groups in total. The molecule has 100 valence electrons. The molecule has 1 rings (SSSR count). The van der Waals surface area contributed by atoms with E-state index in [2.05, 4.69) is 36.1 Å². The number of carboxylic acids is 1. The van der Waals surface area contributed by atoms with Gasteiger partial charge in [-0.1, -0.05) is 42.5 Å². The summed E-state index contributed by atoms with van der Waals surface area (Å²) in [6.07, 6.45) is 0.123. The van der Waals surface area contributed by atoms with Gasteiger partial charge in [-0.3, -0.25) is 0 Å². The van der Waals surface area contributed by atoms with Crippen molar-refractivity contribution in [1.29, 1.82) is 0 Å². The molecule has 0 saturated carbocycles. The van der Waals surface area contributed by atoms with Crippen LogP contribution in [0.1, 0.15) is 12.5 Å². The van der Waals surface area contributed by atoms with Crippen molar-refractivity contribution in [3.8, 4) is 0 Å². The van der Waals surface area contributed by atoms with E-state index in [1.807, 2.05) is 18.2 Å². The number of hydrogen-bond donors (Lipinski definition) is 2. The monoisotopic (exact) mass is 253 g/mol. The lowest BCUT2D eigenvalue weighted by molar-refractivity contribution is -0.131. The van der Waals surface area contributed by atoms with Gasteiger partial charge >= 0.3 is 12.1 Å². The van der Waals surface area contributed by atoms with Crippen molar-refractivity contribution in [2.24, 2.45) is 5.73 Å². The first kappa shape index (κ1) is 18.1. The fraction of sp³-hybridized carbons (Fsp3) is 0.231. The molecule has 5 nitrogen and oxygen atoms in total. The van der Waals surface area contributed by atoms with Gasteiger partial charge in [0.05, 0.1) is 6.61 Å². The van der Waals surface area contributed by atoms with Gasteiger partial charge in [-0.05, 0) is 13.8 Å². The lowest BCUT2D eigenvalue weighted by Crippen LogP contribution is -2.11. The molecule has 0 aliphatic rings. The average molecular weight is 253 g/mol. The molecule has 0 saturated heterocycles. The van der Waals surface area contributed by atoms with E-state index in [-0.39, 0.29) is 0 Å². The van der Waals surface area contributed by atoms with E-state index in [0.29, 0.717) is 6.61 Å².